The summed E-state index contributed by atoms with van der Waals surface area (Å²) in [6.07, 6.45) is 2.52. The normalized spacial score (nSPS) is 14.7. The van der Waals surface area contributed by atoms with Crippen molar-refractivity contribution >= 4 is 11.9 Å². The molecule has 2 rings (SSSR count). The van der Waals surface area contributed by atoms with Gasteiger partial charge in [-0.25, -0.2) is 14.8 Å². The molecule has 0 spiro atoms. The number of carbonyl (C=O) groups is 1. The molecule has 1 N–H and O–H groups in total. The Kier molecular flexibility index (Phi) is 3.26. The lowest BCUT2D eigenvalue weighted by molar-refractivity contribution is 0.0690. The molecule has 1 saturated carbocycles. The Bertz CT molecular complexity index is 430. The molecule has 0 bridgehead atoms. The van der Waals surface area contributed by atoms with E-state index in [1.165, 1.54) is 18.9 Å². The van der Waals surface area contributed by atoms with Gasteiger partial charge in [0, 0.05) is 18.8 Å². The minimum Gasteiger partial charge on any atom is -0.477 e. The average molecular weight is 235 g/mol. The lowest BCUT2D eigenvalue weighted by atomic mass is 10.3. The zero-order valence-corrected chi connectivity index (χ0v) is 10.2. The molecule has 1 aromatic heterocycles. The van der Waals surface area contributed by atoms with E-state index < -0.39 is 5.97 Å². The Labute approximate surface area is 100 Å². The molecule has 1 aliphatic rings. The van der Waals surface area contributed by atoms with Gasteiger partial charge in [-0.15, -0.1) is 0 Å². The molecule has 0 unspecified atom stereocenters. The number of rotatable bonds is 5. The van der Waals surface area contributed by atoms with Crippen molar-refractivity contribution in [3.63, 3.8) is 0 Å². The summed E-state index contributed by atoms with van der Waals surface area (Å²) in [5.74, 6) is 0.267. The number of carboxylic acids is 1. The molecular formula is C12H17N3O2. The van der Waals surface area contributed by atoms with Crippen LogP contribution in [0.1, 0.15) is 35.9 Å². The van der Waals surface area contributed by atoms with E-state index >= 15 is 0 Å². The third-order valence-electron chi connectivity index (χ3n) is 2.90. The maximum atomic E-state index is 10.9. The highest BCUT2D eigenvalue weighted by Gasteiger charge is 2.25. The molecule has 1 heterocycles. The maximum absolute atomic E-state index is 10.9. The number of anilines is 1. The van der Waals surface area contributed by atoms with Crippen LogP contribution in [0.4, 0.5) is 5.95 Å². The quantitative estimate of drug-likeness (QED) is 0.841. The third kappa shape index (κ3) is 2.93. The lowest BCUT2D eigenvalue weighted by Gasteiger charge is -2.21. The van der Waals surface area contributed by atoms with E-state index in [0.29, 0.717) is 11.6 Å². The zero-order chi connectivity index (χ0) is 12.4. The van der Waals surface area contributed by atoms with E-state index in [4.69, 9.17) is 5.11 Å². The first-order valence-electron chi connectivity index (χ1n) is 5.94. The van der Waals surface area contributed by atoms with Crippen molar-refractivity contribution in [3.8, 4) is 0 Å². The average Bonchev–Trinajstić information content (AvgIpc) is 3.08. The number of nitrogens with zero attached hydrogens (tertiary/aromatic N) is 3. The van der Waals surface area contributed by atoms with Crippen LogP contribution in [-0.2, 0) is 0 Å². The maximum Gasteiger partial charge on any atom is 0.354 e. The van der Waals surface area contributed by atoms with Gasteiger partial charge in [0.2, 0.25) is 5.95 Å². The van der Waals surface area contributed by atoms with Gasteiger partial charge in [0.1, 0.15) is 0 Å². The van der Waals surface area contributed by atoms with Gasteiger partial charge in [-0.2, -0.15) is 0 Å². The molecule has 17 heavy (non-hydrogen) atoms. The van der Waals surface area contributed by atoms with Gasteiger partial charge in [-0.1, -0.05) is 0 Å². The van der Waals surface area contributed by atoms with Crippen molar-refractivity contribution in [1.29, 1.82) is 0 Å². The van der Waals surface area contributed by atoms with Gasteiger partial charge >= 0.3 is 5.97 Å². The molecule has 1 aromatic rings. The molecule has 1 aliphatic carbocycles. The molecule has 0 atom stereocenters. The Morgan fingerprint density at radius 2 is 2.24 bits per heavy atom. The van der Waals surface area contributed by atoms with Crippen LogP contribution < -0.4 is 4.90 Å². The topological polar surface area (TPSA) is 66.3 Å². The van der Waals surface area contributed by atoms with E-state index in [9.17, 15) is 4.79 Å². The molecule has 1 fully saturated rings. The summed E-state index contributed by atoms with van der Waals surface area (Å²) >= 11 is 0. The number of hydrogen-bond acceptors (Lipinski definition) is 4. The predicted octanol–water partition coefficient (Wildman–Crippen LogP) is 1.72. The van der Waals surface area contributed by atoms with Crippen LogP contribution in [0.25, 0.3) is 0 Å². The number of aromatic carboxylic acids is 1. The van der Waals surface area contributed by atoms with E-state index in [2.05, 4.69) is 14.9 Å². The van der Waals surface area contributed by atoms with Gasteiger partial charge in [0.05, 0.1) is 0 Å². The predicted molar refractivity (Wildman–Crippen MR) is 64.3 cm³/mol. The summed E-state index contributed by atoms with van der Waals surface area (Å²) in [6, 6.07) is 1.50. The number of aromatic nitrogens is 2. The molecule has 5 nitrogen and oxygen atoms in total. The fourth-order valence-corrected chi connectivity index (χ4v) is 1.77. The third-order valence-corrected chi connectivity index (χ3v) is 2.90. The van der Waals surface area contributed by atoms with Crippen LogP contribution in [0.2, 0.25) is 0 Å². The molecule has 0 saturated heterocycles. The minimum absolute atomic E-state index is 0.0711. The Balaban J connectivity index is 2.24. The Morgan fingerprint density at radius 3 is 2.76 bits per heavy atom. The Morgan fingerprint density at radius 1 is 1.53 bits per heavy atom. The zero-order valence-electron chi connectivity index (χ0n) is 10.2. The molecule has 5 heteroatoms. The van der Waals surface area contributed by atoms with Gasteiger partial charge in [-0.05, 0) is 38.7 Å². The Hall–Kier alpha value is -1.65. The molecule has 0 radical (unpaired) electrons. The second-order valence-corrected chi connectivity index (χ2v) is 4.48. The smallest absolute Gasteiger partial charge is 0.354 e. The minimum atomic E-state index is -1.00. The summed E-state index contributed by atoms with van der Waals surface area (Å²) in [6.45, 7) is 5.56. The van der Waals surface area contributed by atoms with Gasteiger partial charge < -0.3 is 10.0 Å². The molecular weight excluding hydrogens is 218 g/mol. The summed E-state index contributed by atoms with van der Waals surface area (Å²) in [7, 11) is 0. The fraction of sp³-hybridized carbons (Fsp3) is 0.583. The highest BCUT2D eigenvalue weighted by atomic mass is 16.4. The first kappa shape index (κ1) is 11.8. The van der Waals surface area contributed by atoms with Gasteiger partial charge in [0.25, 0.3) is 0 Å². The van der Waals surface area contributed by atoms with E-state index in [1.807, 2.05) is 6.92 Å². The van der Waals surface area contributed by atoms with Crippen molar-refractivity contribution in [2.75, 3.05) is 18.0 Å². The monoisotopic (exact) mass is 235 g/mol. The molecule has 92 valence electrons. The number of aryl methyl sites for hydroxylation is 1. The highest BCUT2D eigenvalue weighted by molar-refractivity contribution is 5.85. The van der Waals surface area contributed by atoms with Gasteiger partial charge in [-0.3, -0.25) is 0 Å². The largest absolute Gasteiger partial charge is 0.477 e. The lowest BCUT2D eigenvalue weighted by Crippen LogP contribution is -2.28. The summed E-state index contributed by atoms with van der Waals surface area (Å²) < 4.78 is 0. The van der Waals surface area contributed by atoms with Crippen LogP contribution in [0.3, 0.4) is 0 Å². The van der Waals surface area contributed by atoms with Crippen LogP contribution >= 0.6 is 0 Å². The molecule has 0 amide bonds. The number of hydrogen-bond donors (Lipinski definition) is 1. The van der Waals surface area contributed by atoms with Crippen LogP contribution in [-0.4, -0.2) is 34.1 Å². The van der Waals surface area contributed by atoms with E-state index in [-0.39, 0.29) is 5.69 Å². The van der Waals surface area contributed by atoms with Crippen LogP contribution in [0, 0.1) is 12.8 Å². The van der Waals surface area contributed by atoms with Crippen molar-refractivity contribution in [2.45, 2.75) is 26.7 Å². The second-order valence-electron chi connectivity index (χ2n) is 4.48. The highest BCUT2D eigenvalue weighted by Crippen LogP contribution is 2.30. The summed E-state index contributed by atoms with van der Waals surface area (Å²) in [5.41, 5.74) is 0.767. The standard InChI is InChI=1S/C12H17N3O2/c1-3-15(7-9-4-5-9)12-13-8(2)6-10(14-12)11(16)17/h6,9H,3-5,7H2,1-2H3,(H,16,17). The first-order valence-corrected chi connectivity index (χ1v) is 5.94. The van der Waals surface area contributed by atoms with Crippen molar-refractivity contribution in [2.24, 2.45) is 5.92 Å². The molecule has 0 aromatic carbocycles. The van der Waals surface area contributed by atoms with Crippen molar-refractivity contribution < 1.29 is 9.90 Å². The van der Waals surface area contributed by atoms with Crippen molar-refractivity contribution in [1.82, 2.24) is 9.97 Å². The fourth-order valence-electron chi connectivity index (χ4n) is 1.77. The van der Waals surface area contributed by atoms with Crippen LogP contribution in [0.15, 0.2) is 6.07 Å². The SMILES string of the molecule is CCN(CC1CC1)c1nc(C)cc(C(=O)O)n1. The molecule has 0 aliphatic heterocycles. The number of carboxylic acid groups (broad SMARTS) is 1. The van der Waals surface area contributed by atoms with Gasteiger partial charge in [0.15, 0.2) is 5.69 Å². The summed E-state index contributed by atoms with van der Waals surface area (Å²) in [4.78, 5) is 21.4. The second kappa shape index (κ2) is 4.69. The van der Waals surface area contributed by atoms with Crippen molar-refractivity contribution in [3.05, 3.63) is 17.5 Å². The summed E-state index contributed by atoms with van der Waals surface area (Å²) in [5, 5.41) is 8.97. The van der Waals surface area contributed by atoms with E-state index in [1.54, 1.807) is 6.92 Å². The first-order chi connectivity index (χ1) is 8.10. The van der Waals surface area contributed by atoms with E-state index in [0.717, 1.165) is 19.0 Å². The van der Waals surface area contributed by atoms with Crippen LogP contribution in [0.5, 0.6) is 0 Å².